The summed E-state index contributed by atoms with van der Waals surface area (Å²) in [5.74, 6) is 0.820. The van der Waals surface area contributed by atoms with E-state index in [2.05, 4.69) is 5.32 Å². The van der Waals surface area contributed by atoms with Crippen LogP contribution < -0.4 is 5.32 Å². The number of nitrogens with zero attached hydrogens (tertiary/aromatic N) is 1. The van der Waals surface area contributed by atoms with Crippen LogP contribution in [0.5, 0.6) is 0 Å². The van der Waals surface area contributed by atoms with Gasteiger partial charge in [-0.1, -0.05) is 18.2 Å². The molecule has 0 saturated carbocycles. The summed E-state index contributed by atoms with van der Waals surface area (Å²) < 4.78 is 10.6. The third-order valence-corrected chi connectivity index (χ3v) is 3.05. The number of furan rings is 1. The second kappa shape index (κ2) is 8.67. The lowest BCUT2D eigenvalue weighted by molar-refractivity contribution is -0.129. The Balaban J connectivity index is 0.00000220. The molecule has 1 aromatic heterocycles. The molecule has 1 aromatic carbocycles. The van der Waals surface area contributed by atoms with E-state index in [1.165, 1.54) is 0 Å². The maximum atomic E-state index is 11.9. The van der Waals surface area contributed by atoms with Crippen molar-refractivity contribution in [1.82, 2.24) is 10.2 Å². The van der Waals surface area contributed by atoms with Crippen LogP contribution in [0.3, 0.4) is 0 Å². The number of ether oxygens (including phenoxy) is 1. The quantitative estimate of drug-likeness (QED) is 0.795. The Morgan fingerprint density at radius 2 is 2.14 bits per heavy atom. The zero-order chi connectivity index (χ0) is 14.4. The summed E-state index contributed by atoms with van der Waals surface area (Å²) >= 11 is 0. The van der Waals surface area contributed by atoms with E-state index in [0.29, 0.717) is 26.2 Å². The van der Waals surface area contributed by atoms with Gasteiger partial charge < -0.3 is 19.4 Å². The van der Waals surface area contributed by atoms with Gasteiger partial charge in [-0.2, -0.15) is 0 Å². The molecule has 116 valence electrons. The molecule has 0 atom stereocenters. The number of hydrogen-bond acceptors (Lipinski definition) is 4. The Labute approximate surface area is 130 Å². The average molecular weight is 313 g/mol. The van der Waals surface area contributed by atoms with Crippen molar-refractivity contribution < 1.29 is 13.9 Å². The van der Waals surface area contributed by atoms with Crippen molar-refractivity contribution in [1.29, 1.82) is 0 Å². The molecule has 0 spiro atoms. The molecule has 1 heterocycles. The maximum absolute atomic E-state index is 11.9. The highest BCUT2D eigenvalue weighted by molar-refractivity contribution is 5.85. The van der Waals surface area contributed by atoms with Crippen LogP contribution in [0, 0.1) is 0 Å². The highest BCUT2D eigenvalue weighted by Gasteiger charge is 2.11. The molecule has 0 bridgehead atoms. The molecule has 5 nitrogen and oxygen atoms in total. The Morgan fingerprint density at radius 1 is 1.38 bits per heavy atom. The summed E-state index contributed by atoms with van der Waals surface area (Å²) in [6, 6.07) is 9.79. The number of likely N-dealkylation sites (N-methyl/N-ethyl adjacent to an activating group) is 1. The lowest BCUT2D eigenvalue weighted by Crippen LogP contribution is -2.36. The Kier molecular flexibility index (Phi) is 7.22. The molecule has 2 rings (SSSR count). The number of carbonyl (C=O) groups excluding carboxylic acids is 1. The SMILES string of the molecule is COCCNCC(=O)N(C)Cc1cc2ccccc2o1.Cl. The van der Waals surface area contributed by atoms with Crippen molar-refractivity contribution in [2.45, 2.75) is 6.54 Å². The van der Waals surface area contributed by atoms with Gasteiger partial charge in [-0.3, -0.25) is 4.79 Å². The summed E-state index contributed by atoms with van der Waals surface area (Å²) in [7, 11) is 3.41. The van der Waals surface area contributed by atoms with Crippen LogP contribution in [0.25, 0.3) is 11.0 Å². The van der Waals surface area contributed by atoms with Crippen LogP contribution in [-0.4, -0.2) is 44.7 Å². The topological polar surface area (TPSA) is 54.7 Å². The number of methoxy groups -OCH3 is 1. The number of nitrogens with one attached hydrogen (secondary N) is 1. The van der Waals surface area contributed by atoms with Crippen LogP contribution in [0.15, 0.2) is 34.7 Å². The van der Waals surface area contributed by atoms with Gasteiger partial charge in [0.15, 0.2) is 0 Å². The monoisotopic (exact) mass is 312 g/mol. The molecular weight excluding hydrogens is 292 g/mol. The summed E-state index contributed by atoms with van der Waals surface area (Å²) in [5.41, 5.74) is 0.849. The van der Waals surface area contributed by atoms with Gasteiger partial charge in [-0.15, -0.1) is 12.4 Å². The minimum Gasteiger partial charge on any atom is -0.459 e. The van der Waals surface area contributed by atoms with Crippen molar-refractivity contribution >= 4 is 29.3 Å². The fourth-order valence-electron chi connectivity index (χ4n) is 1.94. The third-order valence-electron chi connectivity index (χ3n) is 3.05. The molecule has 0 fully saturated rings. The molecule has 0 aliphatic rings. The first-order valence-corrected chi connectivity index (χ1v) is 6.62. The molecule has 0 aliphatic heterocycles. The van der Waals surface area contributed by atoms with E-state index in [1.807, 2.05) is 30.3 Å². The van der Waals surface area contributed by atoms with Crippen molar-refractivity contribution in [3.05, 3.63) is 36.1 Å². The molecule has 21 heavy (non-hydrogen) atoms. The van der Waals surface area contributed by atoms with Gasteiger partial charge in [0.1, 0.15) is 11.3 Å². The fraction of sp³-hybridized carbons (Fsp3) is 0.400. The fourth-order valence-corrected chi connectivity index (χ4v) is 1.94. The van der Waals surface area contributed by atoms with Crippen molar-refractivity contribution in [2.24, 2.45) is 0 Å². The highest BCUT2D eigenvalue weighted by atomic mass is 35.5. The van der Waals surface area contributed by atoms with Gasteiger partial charge >= 0.3 is 0 Å². The summed E-state index contributed by atoms with van der Waals surface area (Å²) in [6.07, 6.45) is 0. The van der Waals surface area contributed by atoms with E-state index in [1.54, 1.807) is 19.1 Å². The first kappa shape index (κ1) is 17.5. The summed E-state index contributed by atoms with van der Waals surface area (Å²) in [5, 5.41) is 4.09. The van der Waals surface area contributed by atoms with E-state index in [9.17, 15) is 4.79 Å². The molecule has 1 N–H and O–H groups in total. The van der Waals surface area contributed by atoms with Gasteiger partial charge in [0, 0.05) is 26.1 Å². The first-order chi connectivity index (χ1) is 9.70. The van der Waals surface area contributed by atoms with Crippen LogP contribution >= 0.6 is 12.4 Å². The highest BCUT2D eigenvalue weighted by Crippen LogP contribution is 2.19. The molecule has 0 aliphatic carbocycles. The van der Waals surface area contributed by atoms with Gasteiger partial charge in [0.2, 0.25) is 5.91 Å². The second-order valence-corrected chi connectivity index (χ2v) is 4.67. The number of rotatable bonds is 7. The lowest BCUT2D eigenvalue weighted by atomic mass is 10.2. The molecule has 6 heteroatoms. The molecule has 1 amide bonds. The number of halogens is 1. The molecule has 0 radical (unpaired) electrons. The number of fused-ring (bicyclic) bond motifs is 1. The molecule has 2 aromatic rings. The smallest absolute Gasteiger partial charge is 0.236 e. The summed E-state index contributed by atoms with van der Waals surface area (Å²) in [6.45, 7) is 2.04. The average Bonchev–Trinajstić information content (AvgIpc) is 2.85. The Morgan fingerprint density at radius 3 is 2.86 bits per heavy atom. The Hall–Kier alpha value is -1.56. The standard InChI is InChI=1S/C15H20N2O3.ClH/c1-17(15(18)10-16-7-8-19-2)11-13-9-12-5-3-4-6-14(12)20-13;/h3-6,9,16H,7-8,10-11H2,1-2H3;1H. The van der Waals surface area contributed by atoms with E-state index in [-0.39, 0.29) is 18.3 Å². The van der Waals surface area contributed by atoms with Crippen LogP contribution in [-0.2, 0) is 16.1 Å². The first-order valence-electron chi connectivity index (χ1n) is 6.62. The predicted octanol–water partition coefficient (Wildman–Crippen LogP) is 2.05. The zero-order valence-corrected chi connectivity index (χ0v) is 13.1. The van der Waals surface area contributed by atoms with Crippen molar-refractivity contribution in [2.75, 3.05) is 33.9 Å². The molecular formula is C15H21ClN2O3. The normalized spacial score (nSPS) is 10.4. The van der Waals surface area contributed by atoms with Crippen LogP contribution in [0.2, 0.25) is 0 Å². The Bertz CT molecular complexity index is 538. The zero-order valence-electron chi connectivity index (χ0n) is 12.3. The van der Waals surface area contributed by atoms with Gasteiger partial charge in [-0.05, 0) is 12.1 Å². The molecule has 0 saturated heterocycles. The van der Waals surface area contributed by atoms with Crippen molar-refractivity contribution in [3.8, 4) is 0 Å². The summed E-state index contributed by atoms with van der Waals surface area (Å²) in [4.78, 5) is 13.6. The maximum Gasteiger partial charge on any atom is 0.236 e. The second-order valence-electron chi connectivity index (χ2n) is 4.67. The number of benzene rings is 1. The number of para-hydroxylation sites is 1. The van der Waals surface area contributed by atoms with E-state index in [4.69, 9.17) is 9.15 Å². The van der Waals surface area contributed by atoms with Gasteiger partial charge in [-0.25, -0.2) is 0 Å². The predicted molar refractivity (Wildman–Crippen MR) is 84.7 cm³/mol. The lowest BCUT2D eigenvalue weighted by Gasteiger charge is -2.15. The van der Waals surface area contributed by atoms with Crippen LogP contribution in [0.1, 0.15) is 5.76 Å². The minimum atomic E-state index is 0. The third kappa shape index (κ3) is 5.04. The van der Waals surface area contributed by atoms with Crippen LogP contribution in [0.4, 0.5) is 0 Å². The van der Waals surface area contributed by atoms with Gasteiger partial charge in [0.05, 0.1) is 19.7 Å². The van der Waals surface area contributed by atoms with E-state index >= 15 is 0 Å². The van der Waals surface area contributed by atoms with E-state index in [0.717, 1.165) is 16.7 Å². The number of amides is 1. The minimum absolute atomic E-state index is 0. The molecule has 0 unspecified atom stereocenters. The number of carbonyl (C=O) groups is 1. The largest absolute Gasteiger partial charge is 0.459 e. The van der Waals surface area contributed by atoms with Crippen molar-refractivity contribution in [3.63, 3.8) is 0 Å². The van der Waals surface area contributed by atoms with E-state index < -0.39 is 0 Å². The van der Waals surface area contributed by atoms with Gasteiger partial charge in [0.25, 0.3) is 0 Å². The number of hydrogen-bond donors (Lipinski definition) is 1.